The molecule has 3 rings (SSSR count). The van der Waals surface area contributed by atoms with Crippen LogP contribution in [0.25, 0.3) is 0 Å². The summed E-state index contributed by atoms with van der Waals surface area (Å²) in [5.74, 6) is 3.12. The van der Waals surface area contributed by atoms with Gasteiger partial charge in [-0.3, -0.25) is 0 Å². The van der Waals surface area contributed by atoms with Crippen LogP contribution in [0.3, 0.4) is 0 Å². The lowest BCUT2D eigenvalue weighted by atomic mass is 9.86. The van der Waals surface area contributed by atoms with Crippen LogP contribution in [-0.2, 0) is 0 Å². The van der Waals surface area contributed by atoms with Crippen LogP contribution in [0.2, 0.25) is 0 Å². The molecule has 1 fully saturated rings. The normalized spacial score (nSPS) is 32.0. The molecule has 1 aromatic rings. The van der Waals surface area contributed by atoms with Gasteiger partial charge < -0.3 is 9.84 Å². The van der Waals surface area contributed by atoms with Crippen LogP contribution >= 0.6 is 11.8 Å². The molecule has 0 radical (unpaired) electrons. The van der Waals surface area contributed by atoms with Gasteiger partial charge in [0.1, 0.15) is 11.4 Å². The van der Waals surface area contributed by atoms with Crippen molar-refractivity contribution in [1.82, 2.24) is 0 Å². The Bertz CT molecular complexity index is 424. The van der Waals surface area contributed by atoms with Crippen molar-refractivity contribution in [3.63, 3.8) is 0 Å². The zero-order valence-corrected chi connectivity index (χ0v) is 10.9. The molecule has 2 unspecified atom stereocenters. The number of benzene rings is 1. The van der Waals surface area contributed by atoms with Crippen molar-refractivity contribution in [2.24, 2.45) is 0 Å². The van der Waals surface area contributed by atoms with Crippen molar-refractivity contribution < 1.29 is 9.84 Å². The number of aliphatic hydroxyl groups is 1. The Morgan fingerprint density at radius 1 is 1.47 bits per heavy atom. The average molecular weight is 250 g/mol. The van der Waals surface area contributed by atoms with Crippen LogP contribution in [-0.4, -0.2) is 22.2 Å². The van der Waals surface area contributed by atoms with Crippen molar-refractivity contribution in [2.45, 2.75) is 37.9 Å². The van der Waals surface area contributed by atoms with Crippen molar-refractivity contribution in [3.05, 3.63) is 29.3 Å². The molecule has 2 nitrogen and oxygen atoms in total. The SMILES string of the molecule is Cc1ccc2c(c1)C(O)CC1(CCCSC1)O2. The summed E-state index contributed by atoms with van der Waals surface area (Å²) in [6.07, 6.45) is 2.65. The number of hydrogen-bond donors (Lipinski definition) is 1. The molecule has 2 atom stereocenters. The van der Waals surface area contributed by atoms with Gasteiger partial charge in [-0.15, -0.1) is 0 Å². The number of fused-ring (bicyclic) bond motifs is 1. The van der Waals surface area contributed by atoms with Crippen molar-refractivity contribution in [3.8, 4) is 5.75 Å². The summed E-state index contributed by atoms with van der Waals surface area (Å²) in [6.45, 7) is 2.05. The summed E-state index contributed by atoms with van der Waals surface area (Å²) < 4.78 is 6.20. The van der Waals surface area contributed by atoms with Gasteiger partial charge in [0.05, 0.1) is 6.10 Å². The van der Waals surface area contributed by atoms with Gasteiger partial charge in [0.2, 0.25) is 0 Å². The molecule has 0 saturated carbocycles. The van der Waals surface area contributed by atoms with Gasteiger partial charge in [-0.2, -0.15) is 11.8 Å². The van der Waals surface area contributed by atoms with Crippen LogP contribution in [0, 0.1) is 6.92 Å². The lowest BCUT2D eigenvalue weighted by Gasteiger charge is -2.43. The molecule has 0 aromatic heterocycles. The summed E-state index contributed by atoms with van der Waals surface area (Å²) in [5, 5.41) is 10.3. The third-order valence-electron chi connectivity index (χ3n) is 3.70. The highest BCUT2D eigenvalue weighted by atomic mass is 32.2. The number of rotatable bonds is 0. The largest absolute Gasteiger partial charge is 0.486 e. The Balaban J connectivity index is 1.94. The Morgan fingerprint density at radius 2 is 2.35 bits per heavy atom. The van der Waals surface area contributed by atoms with E-state index >= 15 is 0 Å². The average Bonchev–Trinajstić information content (AvgIpc) is 2.31. The molecule has 1 saturated heterocycles. The lowest BCUT2D eigenvalue weighted by molar-refractivity contribution is -0.00557. The maximum atomic E-state index is 10.3. The molecular weight excluding hydrogens is 232 g/mol. The Labute approximate surface area is 106 Å². The molecule has 92 valence electrons. The summed E-state index contributed by atoms with van der Waals surface area (Å²) in [7, 11) is 0. The molecule has 0 bridgehead atoms. The highest BCUT2D eigenvalue weighted by Crippen LogP contribution is 2.45. The summed E-state index contributed by atoms with van der Waals surface area (Å²) >= 11 is 1.94. The monoisotopic (exact) mass is 250 g/mol. The third kappa shape index (κ3) is 2.06. The van der Waals surface area contributed by atoms with Crippen LogP contribution in [0.1, 0.15) is 36.5 Å². The molecule has 1 N–H and O–H groups in total. The maximum Gasteiger partial charge on any atom is 0.126 e. The number of aliphatic hydroxyl groups excluding tert-OH is 1. The zero-order chi connectivity index (χ0) is 11.9. The van der Waals surface area contributed by atoms with Gasteiger partial charge in [0, 0.05) is 17.7 Å². The predicted molar refractivity (Wildman–Crippen MR) is 70.7 cm³/mol. The second kappa shape index (κ2) is 4.21. The van der Waals surface area contributed by atoms with E-state index in [-0.39, 0.29) is 11.7 Å². The van der Waals surface area contributed by atoms with Crippen LogP contribution in [0.15, 0.2) is 18.2 Å². The van der Waals surface area contributed by atoms with E-state index in [1.165, 1.54) is 17.7 Å². The molecule has 0 aliphatic carbocycles. The highest BCUT2D eigenvalue weighted by molar-refractivity contribution is 7.99. The van der Waals surface area contributed by atoms with Crippen LogP contribution < -0.4 is 4.74 Å². The van der Waals surface area contributed by atoms with E-state index in [1.54, 1.807) is 0 Å². The van der Waals surface area contributed by atoms with E-state index < -0.39 is 0 Å². The Morgan fingerprint density at radius 3 is 3.12 bits per heavy atom. The highest BCUT2D eigenvalue weighted by Gasteiger charge is 2.41. The molecule has 2 aliphatic rings. The number of thioether (sulfide) groups is 1. The van der Waals surface area contributed by atoms with Gasteiger partial charge in [0.25, 0.3) is 0 Å². The van der Waals surface area contributed by atoms with Gasteiger partial charge >= 0.3 is 0 Å². The molecule has 1 spiro atoms. The topological polar surface area (TPSA) is 29.5 Å². The molecule has 3 heteroatoms. The van der Waals surface area contributed by atoms with E-state index in [4.69, 9.17) is 4.74 Å². The molecule has 2 aliphatic heterocycles. The molecular formula is C14H18O2S. The van der Waals surface area contributed by atoms with E-state index in [2.05, 4.69) is 6.07 Å². The van der Waals surface area contributed by atoms with Crippen molar-refractivity contribution in [2.75, 3.05) is 11.5 Å². The fourth-order valence-electron chi connectivity index (χ4n) is 2.83. The standard InChI is InChI=1S/C14H18O2S/c1-10-3-4-13-11(7-10)12(15)8-14(16-13)5-2-6-17-9-14/h3-4,7,12,15H,2,5-6,8-9H2,1H3. The minimum atomic E-state index is -0.364. The number of aryl methyl sites for hydroxylation is 1. The van der Waals surface area contributed by atoms with E-state index in [1.807, 2.05) is 30.8 Å². The first-order valence-electron chi connectivity index (χ1n) is 6.24. The van der Waals surface area contributed by atoms with Crippen LogP contribution in [0.5, 0.6) is 5.75 Å². The van der Waals surface area contributed by atoms with E-state index in [0.717, 1.165) is 29.9 Å². The minimum Gasteiger partial charge on any atom is -0.486 e. The summed E-state index contributed by atoms with van der Waals surface area (Å²) in [5.41, 5.74) is 2.02. The van der Waals surface area contributed by atoms with Gasteiger partial charge in [-0.1, -0.05) is 11.6 Å². The molecule has 1 aromatic carbocycles. The summed E-state index contributed by atoms with van der Waals surface area (Å²) in [4.78, 5) is 0. The quantitative estimate of drug-likeness (QED) is 0.767. The first kappa shape index (κ1) is 11.4. The lowest BCUT2D eigenvalue weighted by Crippen LogP contribution is -2.45. The molecule has 2 heterocycles. The minimum absolute atomic E-state index is 0.120. The van der Waals surface area contributed by atoms with E-state index in [9.17, 15) is 5.11 Å². The summed E-state index contributed by atoms with van der Waals surface area (Å²) in [6, 6.07) is 6.11. The fraction of sp³-hybridized carbons (Fsp3) is 0.571. The van der Waals surface area contributed by atoms with Crippen molar-refractivity contribution >= 4 is 11.8 Å². The van der Waals surface area contributed by atoms with Crippen LogP contribution in [0.4, 0.5) is 0 Å². The maximum absolute atomic E-state index is 10.3. The van der Waals surface area contributed by atoms with E-state index in [0.29, 0.717) is 0 Å². The molecule has 17 heavy (non-hydrogen) atoms. The number of ether oxygens (including phenoxy) is 1. The molecule has 0 amide bonds. The zero-order valence-electron chi connectivity index (χ0n) is 10.1. The first-order valence-corrected chi connectivity index (χ1v) is 7.39. The second-order valence-electron chi connectivity index (χ2n) is 5.20. The predicted octanol–water partition coefficient (Wildman–Crippen LogP) is 3.08. The fourth-order valence-corrected chi connectivity index (χ4v) is 4.01. The van der Waals surface area contributed by atoms with Gasteiger partial charge in [0.15, 0.2) is 0 Å². The number of hydrogen-bond acceptors (Lipinski definition) is 3. The van der Waals surface area contributed by atoms with Gasteiger partial charge in [-0.25, -0.2) is 0 Å². The smallest absolute Gasteiger partial charge is 0.126 e. The third-order valence-corrected chi connectivity index (χ3v) is 5.01. The van der Waals surface area contributed by atoms with Crippen molar-refractivity contribution in [1.29, 1.82) is 0 Å². The Hall–Kier alpha value is -0.670. The second-order valence-corrected chi connectivity index (χ2v) is 6.31. The first-order chi connectivity index (χ1) is 8.19. The Kier molecular flexibility index (Phi) is 2.83. The van der Waals surface area contributed by atoms with Gasteiger partial charge in [-0.05, 0) is 37.7 Å².